The molecule has 1 amide bonds. The van der Waals surface area contributed by atoms with Gasteiger partial charge in [-0.05, 0) is 51.3 Å². The molecule has 0 radical (unpaired) electrons. The summed E-state index contributed by atoms with van der Waals surface area (Å²) in [5.74, 6) is 0. The van der Waals surface area contributed by atoms with Gasteiger partial charge in [-0.1, -0.05) is 47.4 Å². The first-order valence-corrected chi connectivity index (χ1v) is 9.43. The third-order valence-electron chi connectivity index (χ3n) is 3.91. The minimum Gasteiger partial charge on any atom is -0.444 e. The van der Waals surface area contributed by atoms with Crippen LogP contribution in [0.25, 0.3) is 0 Å². The van der Waals surface area contributed by atoms with Gasteiger partial charge >= 0.3 is 6.09 Å². The molecule has 136 valence electrons. The van der Waals surface area contributed by atoms with E-state index in [0.29, 0.717) is 18.1 Å². The molecule has 6 heteroatoms. The summed E-state index contributed by atoms with van der Waals surface area (Å²) in [6, 6.07) is 5.74. The molecule has 0 spiro atoms. The summed E-state index contributed by atoms with van der Waals surface area (Å²) >= 11 is 9.49. The number of hydrogen-bond acceptors (Lipinski definition) is 3. The van der Waals surface area contributed by atoms with Crippen LogP contribution in [0.15, 0.2) is 22.7 Å². The number of ether oxygens (including phenoxy) is 1. The van der Waals surface area contributed by atoms with Gasteiger partial charge in [0.05, 0.1) is 5.54 Å². The zero-order valence-electron chi connectivity index (χ0n) is 15.1. The van der Waals surface area contributed by atoms with Crippen LogP contribution in [0.3, 0.4) is 0 Å². The van der Waals surface area contributed by atoms with E-state index in [0.717, 1.165) is 22.9 Å². The van der Waals surface area contributed by atoms with Crippen molar-refractivity contribution in [2.24, 2.45) is 0 Å². The smallest absolute Gasteiger partial charge is 0.408 e. The van der Waals surface area contributed by atoms with Crippen molar-refractivity contribution in [2.45, 2.75) is 65.1 Å². The predicted molar refractivity (Wildman–Crippen MR) is 104 cm³/mol. The van der Waals surface area contributed by atoms with Gasteiger partial charge in [-0.2, -0.15) is 0 Å². The monoisotopic (exact) mass is 418 g/mol. The highest BCUT2D eigenvalue weighted by molar-refractivity contribution is 9.10. The van der Waals surface area contributed by atoms with E-state index in [9.17, 15) is 4.79 Å². The van der Waals surface area contributed by atoms with Crippen LogP contribution in [0, 0.1) is 0 Å². The van der Waals surface area contributed by atoms with Crippen LogP contribution in [0.4, 0.5) is 4.79 Å². The Morgan fingerprint density at radius 1 is 1.25 bits per heavy atom. The highest BCUT2D eigenvalue weighted by Gasteiger charge is 2.30. The molecule has 0 aliphatic carbocycles. The van der Waals surface area contributed by atoms with Crippen molar-refractivity contribution < 1.29 is 9.53 Å². The number of halogens is 2. The first-order chi connectivity index (χ1) is 11.1. The molecule has 0 bridgehead atoms. The second kappa shape index (κ2) is 9.07. The molecule has 0 saturated carbocycles. The van der Waals surface area contributed by atoms with Crippen molar-refractivity contribution in [1.82, 2.24) is 10.6 Å². The standard InChI is InChI=1S/C18H28BrClN2O2/c1-6-18(7-2,22-16(23)24-17(3,4)5)12-21-11-13-8-9-14(20)10-15(13)19/h8-10,21H,6-7,11-12H2,1-5H3,(H,22,23). The molecule has 0 fully saturated rings. The average Bonchev–Trinajstić information content (AvgIpc) is 2.46. The largest absolute Gasteiger partial charge is 0.444 e. The van der Waals surface area contributed by atoms with Gasteiger partial charge in [-0.15, -0.1) is 0 Å². The Morgan fingerprint density at radius 2 is 1.88 bits per heavy atom. The van der Waals surface area contributed by atoms with E-state index in [4.69, 9.17) is 16.3 Å². The van der Waals surface area contributed by atoms with Crippen molar-refractivity contribution in [3.63, 3.8) is 0 Å². The lowest BCUT2D eigenvalue weighted by Crippen LogP contribution is -2.55. The van der Waals surface area contributed by atoms with Crippen LogP contribution >= 0.6 is 27.5 Å². The summed E-state index contributed by atoms with van der Waals surface area (Å²) in [6.07, 6.45) is 1.26. The second-order valence-electron chi connectivity index (χ2n) is 6.95. The fourth-order valence-electron chi connectivity index (χ4n) is 2.34. The maximum Gasteiger partial charge on any atom is 0.408 e. The number of benzene rings is 1. The van der Waals surface area contributed by atoms with Gasteiger partial charge in [0.25, 0.3) is 0 Å². The summed E-state index contributed by atoms with van der Waals surface area (Å²) in [4.78, 5) is 12.1. The molecule has 0 saturated heterocycles. The summed E-state index contributed by atoms with van der Waals surface area (Å²) in [5, 5.41) is 7.17. The number of carbonyl (C=O) groups is 1. The second-order valence-corrected chi connectivity index (χ2v) is 8.24. The minimum atomic E-state index is -0.501. The van der Waals surface area contributed by atoms with Crippen molar-refractivity contribution >= 4 is 33.6 Å². The molecule has 4 nitrogen and oxygen atoms in total. The topological polar surface area (TPSA) is 50.4 Å². The van der Waals surface area contributed by atoms with Gasteiger partial charge in [0.1, 0.15) is 5.60 Å². The molecule has 0 aromatic heterocycles. The van der Waals surface area contributed by atoms with E-state index in [2.05, 4.69) is 40.4 Å². The Hall–Kier alpha value is -0.780. The summed E-state index contributed by atoms with van der Waals surface area (Å²) in [6.45, 7) is 11.1. The van der Waals surface area contributed by atoms with Crippen molar-refractivity contribution in [2.75, 3.05) is 6.54 Å². The van der Waals surface area contributed by atoms with Crippen LogP contribution in [0.2, 0.25) is 5.02 Å². The lowest BCUT2D eigenvalue weighted by atomic mass is 9.92. The van der Waals surface area contributed by atoms with Gasteiger partial charge in [-0.25, -0.2) is 4.79 Å². The molecule has 1 aromatic rings. The predicted octanol–water partition coefficient (Wildman–Crippen LogP) is 5.28. The van der Waals surface area contributed by atoms with Crippen LogP contribution in [-0.4, -0.2) is 23.8 Å². The fourth-order valence-corrected chi connectivity index (χ4v) is 3.17. The highest BCUT2D eigenvalue weighted by atomic mass is 79.9. The van der Waals surface area contributed by atoms with E-state index >= 15 is 0 Å². The number of nitrogens with one attached hydrogen (secondary N) is 2. The molecule has 1 rings (SSSR count). The third-order valence-corrected chi connectivity index (χ3v) is 4.89. The average molecular weight is 420 g/mol. The van der Waals surface area contributed by atoms with Crippen molar-refractivity contribution in [3.8, 4) is 0 Å². The molecule has 0 unspecified atom stereocenters. The number of carbonyl (C=O) groups excluding carboxylic acids is 1. The molecular formula is C18H28BrClN2O2. The number of amides is 1. The Morgan fingerprint density at radius 3 is 2.38 bits per heavy atom. The van der Waals surface area contributed by atoms with E-state index in [1.807, 2.05) is 39.0 Å². The summed E-state index contributed by atoms with van der Waals surface area (Å²) in [7, 11) is 0. The van der Waals surface area contributed by atoms with Crippen LogP contribution in [0.1, 0.15) is 53.0 Å². The zero-order valence-corrected chi connectivity index (χ0v) is 17.5. The number of alkyl carbamates (subject to hydrolysis) is 1. The maximum absolute atomic E-state index is 12.1. The van der Waals surface area contributed by atoms with Crippen LogP contribution < -0.4 is 10.6 Å². The summed E-state index contributed by atoms with van der Waals surface area (Å²) < 4.78 is 6.37. The van der Waals surface area contributed by atoms with Gasteiger partial charge < -0.3 is 15.4 Å². The first kappa shape index (κ1) is 21.3. The quantitative estimate of drug-likeness (QED) is 0.632. The first-order valence-electron chi connectivity index (χ1n) is 8.26. The molecular weight excluding hydrogens is 392 g/mol. The van der Waals surface area contributed by atoms with E-state index < -0.39 is 5.60 Å². The zero-order chi connectivity index (χ0) is 18.4. The van der Waals surface area contributed by atoms with Crippen molar-refractivity contribution in [1.29, 1.82) is 0 Å². The number of hydrogen-bond donors (Lipinski definition) is 2. The van der Waals surface area contributed by atoms with Crippen LogP contribution in [0.5, 0.6) is 0 Å². The van der Waals surface area contributed by atoms with Gasteiger partial charge in [0.2, 0.25) is 0 Å². The normalized spacial score (nSPS) is 12.1. The number of rotatable bonds is 7. The summed E-state index contributed by atoms with van der Waals surface area (Å²) in [5.41, 5.74) is 0.290. The SMILES string of the molecule is CCC(CC)(CNCc1ccc(Cl)cc1Br)NC(=O)OC(C)(C)C. The Labute approximate surface area is 158 Å². The van der Waals surface area contributed by atoms with E-state index in [-0.39, 0.29) is 11.6 Å². The molecule has 1 aromatic carbocycles. The van der Waals surface area contributed by atoms with Crippen LogP contribution in [-0.2, 0) is 11.3 Å². The van der Waals surface area contributed by atoms with E-state index in [1.54, 1.807) is 0 Å². The molecule has 0 aliphatic heterocycles. The minimum absolute atomic E-state index is 0.332. The highest BCUT2D eigenvalue weighted by Crippen LogP contribution is 2.22. The molecule has 2 N–H and O–H groups in total. The fraction of sp³-hybridized carbons (Fsp3) is 0.611. The third kappa shape index (κ3) is 6.99. The van der Waals surface area contributed by atoms with E-state index in [1.165, 1.54) is 0 Å². The molecule has 0 heterocycles. The Bertz CT molecular complexity index is 554. The molecule has 0 aliphatic rings. The van der Waals surface area contributed by atoms with Crippen molar-refractivity contribution in [3.05, 3.63) is 33.3 Å². The van der Waals surface area contributed by atoms with Gasteiger partial charge in [-0.3, -0.25) is 0 Å². The molecule has 0 atom stereocenters. The maximum atomic E-state index is 12.1. The Kier molecular flexibility index (Phi) is 8.03. The molecule has 24 heavy (non-hydrogen) atoms. The van der Waals surface area contributed by atoms with Gasteiger partial charge in [0.15, 0.2) is 0 Å². The lowest BCUT2D eigenvalue weighted by molar-refractivity contribution is 0.0446. The van der Waals surface area contributed by atoms with Gasteiger partial charge in [0, 0.05) is 22.6 Å². The lowest BCUT2D eigenvalue weighted by Gasteiger charge is -2.34. The Balaban J connectivity index is 2.66.